The Labute approximate surface area is 182 Å². The average Bonchev–Trinajstić information content (AvgIpc) is 3.11. The van der Waals surface area contributed by atoms with Crippen molar-refractivity contribution in [1.29, 1.82) is 0 Å². The summed E-state index contributed by atoms with van der Waals surface area (Å²) < 4.78 is 27.9. The third-order valence-electron chi connectivity index (χ3n) is 3.73. The highest BCUT2D eigenvalue weighted by Gasteiger charge is 2.21. The molecule has 0 bridgehead atoms. The Morgan fingerprint density at radius 3 is 2.52 bits per heavy atom. The summed E-state index contributed by atoms with van der Waals surface area (Å²) in [6, 6.07) is 10.2. The number of anilines is 2. The highest BCUT2D eigenvalue weighted by Crippen LogP contribution is 2.26. The minimum absolute atomic E-state index is 0.0100. The number of carbonyl (C=O) groups excluding carboxylic acids is 1. The van der Waals surface area contributed by atoms with Gasteiger partial charge in [0.05, 0.1) is 5.02 Å². The van der Waals surface area contributed by atoms with Gasteiger partial charge < -0.3 is 0 Å². The Hall–Kier alpha value is -2.20. The molecule has 0 saturated carbocycles. The van der Waals surface area contributed by atoms with Crippen LogP contribution in [0.1, 0.15) is 28.7 Å². The molecule has 1 heterocycles. The summed E-state index contributed by atoms with van der Waals surface area (Å²) >= 11 is 13.2. The molecule has 2 aromatic carbocycles. The Balaban J connectivity index is 1.82. The Morgan fingerprint density at radius 1 is 1.10 bits per heavy atom. The van der Waals surface area contributed by atoms with Crippen LogP contribution in [0.25, 0.3) is 0 Å². The van der Waals surface area contributed by atoms with Gasteiger partial charge in [-0.25, -0.2) is 8.42 Å². The van der Waals surface area contributed by atoms with Crippen LogP contribution < -0.4 is 10.0 Å². The van der Waals surface area contributed by atoms with E-state index in [9.17, 15) is 13.2 Å². The molecule has 0 aliphatic rings. The summed E-state index contributed by atoms with van der Waals surface area (Å²) in [4.78, 5) is 12.3. The fourth-order valence-corrected chi connectivity index (χ4v) is 4.91. The van der Waals surface area contributed by atoms with Crippen molar-refractivity contribution in [3.05, 3.63) is 63.1 Å². The van der Waals surface area contributed by atoms with Crippen molar-refractivity contribution in [2.45, 2.75) is 24.7 Å². The van der Waals surface area contributed by atoms with Crippen LogP contribution in [-0.2, 0) is 16.4 Å². The number of rotatable bonds is 7. The van der Waals surface area contributed by atoms with Gasteiger partial charge in [-0.1, -0.05) is 41.5 Å². The van der Waals surface area contributed by atoms with Crippen LogP contribution in [0.4, 0.5) is 10.8 Å². The number of aromatic nitrogens is 2. The van der Waals surface area contributed by atoms with Gasteiger partial charge in [0.2, 0.25) is 5.13 Å². The highest BCUT2D eigenvalue weighted by atomic mass is 35.5. The first-order valence-corrected chi connectivity index (χ1v) is 11.6. The molecule has 3 aromatic rings. The van der Waals surface area contributed by atoms with Gasteiger partial charge >= 0.3 is 0 Å². The van der Waals surface area contributed by atoms with Gasteiger partial charge in [-0.3, -0.25) is 14.8 Å². The first-order valence-electron chi connectivity index (χ1n) is 8.50. The monoisotopic (exact) mass is 470 g/mol. The number of hydrogen-bond donors (Lipinski definition) is 2. The standard InChI is InChI=1S/C18H16Cl2N4O3S2/c1-2-3-16-22-23-18(28-16)21-17(25)11-4-9-14(20)15(10-11)29(26,27)24-13-7-5-12(19)6-8-13/h4-10,24H,2-3H2,1H3,(H,21,23,25). The topological polar surface area (TPSA) is 101 Å². The molecule has 7 nitrogen and oxygen atoms in total. The minimum atomic E-state index is -4.02. The quantitative estimate of drug-likeness (QED) is 0.513. The zero-order valence-electron chi connectivity index (χ0n) is 15.1. The van der Waals surface area contributed by atoms with E-state index in [1.807, 2.05) is 6.92 Å². The van der Waals surface area contributed by atoms with Gasteiger partial charge in [-0.2, -0.15) is 0 Å². The van der Waals surface area contributed by atoms with Crippen LogP contribution in [0.2, 0.25) is 10.0 Å². The second-order valence-corrected chi connectivity index (χ2v) is 9.52. The molecule has 2 N–H and O–H groups in total. The number of sulfonamides is 1. The molecule has 0 spiro atoms. The summed E-state index contributed by atoms with van der Waals surface area (Å²) in [6.45, 7) is 2.02. The zero-order chi connectivity index (χ0) is 21.0. The van der Waals surface area contributed by atoms with Crippen LogP contribution in [0, 0.1) is 0 Å². The molecule has 0 aliphatic carbocycles. The molecule has 0 aliphatic heterocycles. The number of aryl methyl sites for hydroxylation is 1. The number of hydrogen-bond acceptors (Lipinski definition) is 6. The normalized spacial score (nSPS) is 11.3. The van der Waals surface area contributed by atoms with Gasteiger partial charge in [0.1, 0.15) is 9.90 Å². The number of amides is 1. The second kappa shape index (κ2) is 9.08. The van der Waals surface area contributed by atoms with E-state index in [-0.39, 0.29) is 15.5 Å². The van der Waals surface area contributed by atoms with Crippen molar-refractivity contribution < 1.29 is 13.2 Å². The summed E-state index contributed by atoms with van der Waals surface area (Å²) in [6.07, 6.45) is 1.69. The Morgan fingerprint density at radius 2 is 1.83 bits per heavy atom. The second-order valence-electron chi connectivity index (χ2n) is 5.96. The van der Waals surface area contributed by atoms with Crippen LogP contribution in [0.3, 0.4) is 0 Å². The van der Waals surface area contributed by atoms with Gasteiger partial charge in [0.15, 0.2) is 0 Å². The smallest absolute Gasteiger partial charge is 0.263 e. The maximum absolute atomic E-state index is 12.7. The van der Waals surface area contributed by atoms with E-state index in [1.165, 1.54) is 41.7 Å². The zero-order valence-corrected chi connectivity index (χ0v) is 18.3. The fraction of sp³-hybridized carbons (Fsp3) is 0.167. The molecule has 152 valence electrons. The number of nitrogens with one attached hydrogen (secondary N) is 2. The summed E-state index contributed by atoms with van der Waals surface area (Å²) in [5.41, 5.74) is 0.441. The molecule has 3 rings (SSSR count). The first-order chi connectivity index (χ1) is 13.8. The lowest BCUT2D eigenvalue weighted by Gasteiger charge is -2.11. The number of nitrogens with zero attached hydrogens (tertiary/aromatic N) is 2. The lowest BCUT2D eigenvalue weighted by molar-refractivity contribution is 0.102. The largest absolute Gasteiger partial charge is 0.296 e. The first kappa shape index (κ1) is 21.5. The lowest BCUT2D eigenvalue weighted by atomic mass is 10.2. The SMILES string of the molecule is CCCc1nnc(NC(=O)c2ccc(Cl)c(S(=O)(=O)Nc3ccc(Cl)cc3)c2)s1. The van der Waals surface area contributed by atoms with E-state index in [2.05, 4.69) is 20.2 Å². The van der Waals surface area contributed by atoms with Crippen molar-refractivity contribution in [3.63, 3.8) is 0 Å². The van der Waals surface area contributed by atoms with Gasteiger partial charge in [-0.05, 0) is 48.9 Å². The molecule has 11 heteroatoms. The van der Waals surface area contributed by atoms with E-state index in [1.54, 1.807) is 12.1 Å². The predicted molar refractivity (Wildman–Crippen MR) is 116 cm³/mol. The summed E-state index contributed by atoms with van der Waals surface area (Å²) in [5, 5.41) is 12.2. The molecule has 1 aromatic heterocycles. The molecular formula is C18H16Cl2N4O3S2. The van der Waals surface area contributed by atoms with Crippen LogP contribution >= 0.6 is 34.5 Å². The summed E-state index contributed by atoms with van der Waals surface area (Å²) in [7, 11) is -4.02. The van der Waals surface area contributed by atoms with Crippen LogP contribution in [0.5, 0.6) is 0 Å². The van der Waals surface area contributed by atoms with Crippen LogP contribution in [-0.4, -0.2) is 24.5 Å². The summed E-state index contributed by atoms with van der Waals surface area (Å²) in [5.74, 6) is -0.510. The maximum Gasteiger partial charge on any atom is 0.263 e. The Kier molecular flexibility index (Phi) is 6.74. The predicted octanol–water partition coefficient (Wildman–Crippen LogP) is 4.85. The van der Waals surface area contributed by atoms with Gasteiger partial charge in [0, 0.05) is 22.7 Å². The van der Waals surface area contributed by atoms with E-state index in [4.69, 9.17) is 23.2 Å². The van der Waals surface area contributed by atoms with Crippen molar-refractivity contribution in [1.82, 2.24) is 10.2 Å². The number of carbonyl (C=O) groups is 1. The van der Waals surface area contributed by atoms with Gasteiger partial charge in [0.25, 0.3) is 15.9 Å². The van der Waals surface area contributed by atoms with Crippen molar-refractivity contribution in [2.24, 2.45) is 0 Å². The van der Waals surface area contributed by atoms with Crippen molar-refractivity contribution in [2.75, 3.05) is 10.0 Å². The van der Waals surface area contributed by atoms with E-state index in [0.29, 0.717) is 15.8 Å². The van der Waals surface area contributed by atoms with Crippen molar-refractivity contribution in [3.8, 4) is 0 Å². The molecule has 29 heavy (non-hydrogen) atoms. The molecule has 1 amide bonds. The molecular weight excluding hydrogens is 455 g/mol. The minimum Gasteiger partial charge on any atom is -0.296 e. The molecule has 0 radical (unpaired) electrons. The highest BCUT2D eigenvalue weighted by molar-refractivity contribution is 7.92. The number of halogens is 2. The number of benzene rings is 2. The molecule has 0 unspecified atom stereocenters. The molecule has 0 atom stereocenters. The van der Waals surface area contributed by atoms with E-state index < -0.39 is 15.9 Å². The average molecular weight is 471 g/mol. The third-order valence-corrected chi connectivity index (χ3v) is 6.74. The van der Waals surface area contributed by atoms with Crippen molar-refractivity contribution >= 4 is 61.3 Å². The van der Waals surface area contributed by atoms with Gasteiger partial charge in [-0.15, -0.1) is 10.2 Å². The van der Waals surface area contributed by atoms with E-state index in [0.717, 1.165) is 17.8 Å². The fourth-order valence-electron chi connectivity index (χ4n) is 2.37. The molecule has 0 saturated heterocycles. The third kappa shape index (κ3) is 5.45. The Bertz CT molecular complexity index is 1130. The van der Waals surface area contributed by atoms with E-state index >= 15 is 0 Å². The maximum atomic E-state index is 12.7. The van der Waals surface area contributed by atoms with Crippen LogP contribution in [0.15, 0.2) is 47.4 Å². The lowest BCUT2D eigenvalue weighted by Crippen LogP contribution is -2.16. The molecule has 0 fully saturated rings.